The molecule has 2 aromatic rings. The topological polar surface area (TPSA) is 64.2 Å². The molecule has 1 aliphatic rings. The number of amides is 1. The lowest BCUT2D eigenvalue weighted by Gasteiger charge is -2.36. The summed E-state index contributed by atoms with van der Waals surface area (Å²) in [4.78, 5) is 13.6. The lowest BCUT2D eigenvalue weighted by atomic mass is 9.93. The Balaban J connectivity index is 1.91. The van der Waals surface area contributed by atoms with Gasteiger partial charge in [-0.1, -0.05) is 18.2 Å². The molecule has 5 nitrogen and oxygen atoms in total. The molecule has 3 rings (SSSR count). The van der Waals surface area contributed by atoms with Crippen LogP contribution in [0.25, 0.3) is 5.69 Å². The summed E-state index contributed by atoms with van der Waals surface area (Å²) in [5.74, 6) is 0.143. The number of likely N-dealkylation sites (tertiary alicyclic amines) is 1. The zero-order chi connectivity index (χ0) is 14.1. The van der Waals surface area contributed by atoms with Gasteiger partial charge in [0.1, 0.15) is 0 Å². The third kappa shape index (κ3) is 2.20. The number of aromatic nitrogens is 2. The van der Waals surface area contributed by atoms with E-state index in [0.717, 1.165) is 17.7 Å². The van der Waals surface area contributed by atoms with Gasteiger partial charge in [-0.3, -0.25) is 4.79 Å². The fourth-order valence-corrected chi connectivity index (χ4v) is 2.75. The van der Waals surface area contributed by atoms with Gasteiger partial charge >= 0.3 is 0 Å². The Hall–Kier alpha value is -2.14. The Morgan fingerprint density at radius 2 is 2.05 bits per heavy atom. The maximum atomic E-state index is 11.8. The lowest BCUT2D eigenvalue weighted by molar-refractivity contribution is -0.135. The first-order valence-electron chi connectivity index (χ1n) is 6.78. The fourth-order valence-electron chi connectivity index (χ4n) is 2.75. The predicted molar refractivity (Wildman–Crippen MR) is 76.3 cm³/mol. The van der Waals surface area contributed by atoms with Crippen LogP contribution in [0.5, 0.6) is 0 Å². The van der Waals surface area contributed by atoms with Gasteiger partial charge in [0.25, 0.3) is 0 Å². The van der Waals surface area contributed by atoms with Crippen molar-refractivity contribution >= 4 is 5.91 Å². The van der Waals surface area contributed by atoms with E-state index in [4.69, 9.17) is 5.73 Å². The number of benzene rings is 1. The van der Waals surface area contributed by atoms with Crippen molar-refractivity contribution in [2.75, 3.05) is 7.05 Å². The van der Waals surface area contributed by atoms with Crippen molar-refractivity contribution in [3.05, 3.63) is 48.3 Å². The van der Waals surface area contributed by atoms with Gasteiger partial charge in [-0.05, 0) is 18.6 Å². The average molecular weight is 270 g/mol. The molecule has 2 unspecified atom stereocenters. The smallest absolute Gasteiger partial charge is 0.222 e. The van der Waals surface area contributed by atoms with E-state index in [-0.39, 0.29) is 18.0 Å². The molecule has 0 radical (unpaired) electrons. The highest BCUT2D eigenvalue weighted by molar-refractivity contribution is 5.77. The third-order valence-electron chi connectivity index (χ3n) is 3.87. The molecule has 2 N–H and O–H groups in total. The number of likely N-dealkylation sites (N-methyl/N-ethyl adjacent to an activating group) is 1. The fraction of sp³-hybridized carbons (Fsp3) is 0.333. The first-order chi connectivity index (χ1) is 9.66. The van der Waals surface area contributed by atoms with E-state index >= 15 is 0 Å². The number of carbonyl (C=O) groups excluding carboxylic acids is 1. The molecule has 0 saturated carbocycles. The molecule has 1 aromatic heterocycles. The molecule has 1 saturated heterocycles. The van der Waals surface area contributed by atoms with Gasteiger partial charge in [0.2, 0.25) is 5.91 Å². The first-order valence-corrected chi connectivity index (χ1v) is 6.78. The van der Waals surface area contributed by atoms with Gasteiger partial charge in [0, 0.05) is 31.3 Å². The van der Waals surface area contributed by atoms with Gasteiger partial charge in [0.15, 0.2) is 0 Å². The zero-order valence-electron chi connectivity index (χ0n) is 11.4. The number of rotatable bonds is 2. The third-order valence-corrected chi connectivity index (χ3v) is 3.87. The molecule has 0 bridgehead atoms. The Labute approximate surface area is 118 Å². The largest absolute Gasteiger partial charge is 0.337 e. The van der Waals surface area contributed by atoms with Crippen molar-refractivity contribution < 1.29 is 4.79 Å². The molecule has 104 valence electrons. The second-order valence-electron chi connectivity index (χ2n) is 5.21. The van der Waals surface area contributed by atoms with E-state index in [1.165, 1.54) is 0 Å². The number of hydrogen-bond acceptors (Lipinski definition) is 3. The molecule has 1 aromatic carbocycles. The molecule has 0 spiro atoms. The maximum Gasteiger partial charge on any atom is 0.222 e. The maximum absolute atomic E-state index is 11.8. The normalized spacial score (nSPS) is 23.1. The molecule has 0 aliphatic carbocycles. The number of para-hydroxylation sites is 1. The van der Waals surface area contributed by atoms with E-state index in [9.17, 15) is 4.79 Å². The van der Waals surface area contributed by atoms with Crippen LogP contribution in [0, 0.1) is 0 Å². The predicted octanol–water partition coefficient (Wildman–Crippen LogP) is 1.49. The highest BCUT2D eigenvalue weighted by atomic mass is 16.2. The molecule has 2 atom stereocenters. The minimum absolute atomic E-state index is 0.0360. The van der Waals surface area contributed by atoms with Crippen LogP contribution in [-0.4, -0.2) is 33.7 Å². The second-order valence-corrected chi connectivity index (χ2v) is 5.21. The van der Waals surface area contributed by atoms with Crippen LogP contribution in [0.1, 0.15) is 24.4 Å². The van der Waals surface area contributed by atoms with Crippen LogP contribution >= 0.6 is 0 Å². The summed E-state index contributed by atoms with van der Waals surface area (Å²) in [6.07, 6.45) is 5.01. The Morgan fingerprint density at radius 3 is 2.80 bits per heavy atom. The average Bonchev–Trinajstić information content (AvgIpc) is 2.94. The Morgan fingerprint density at radius 1 is 1.30 bits per heavy atom. The van der Waals surface area contributed by atoms with Gasteiger partial charge in [0.05, 0.1) is 17.9 Å². The van der Waals surface area contributed by atoms with Crippen molar-refractivity contribution in [2.24, 2.45) is 5.73 Å². The summed E-state index contributed by atoms with van der Waals surface area (Å²) in [6, 6.07) is 9.77. The van der Waals surface area contributed by atoms with Crippen LogP contribution in [0.4, 0.5) is 0 Å². The number of piperidine rings is 1. The Bertz CT molecular complexity index is 607. The zero-order valence-corrected chi connectivity index (χ0v) is 11.4. The Kier molecular flexibility index (Phi) is 3.28. The highest BCUT2D eigenvalue weighted by Crippen LogP contribution is 2.29. The summed E-state index contributed by atoms with van der Waals surface area (Å²) in [6.45, 7) is 0. The molecule has 1 aliphatic heterocycles. The van der Waals surface area contributed by atoms with Crippen molar-refractivity contribution in [1.29, 1.82) is 0 Å². The number of carbonyl (C=O) groups is 1. The summed E-state index contributed by atoms with van der Waals surface area (Å²) in [5.41, 5.74) is 8.16. The SMILES string of the molecule is CN1C(=O)CCC(N)C1c1cnn(-c2ccccc2)c1. The molecule has 1 amide bonds. The van der Waals surface area contributed by atoms with E-state index in [1.807, 2.05) is 48.3 Å². The van der Waals surface area contributed by atoms with Gasteiger partial charge in [-0.15, -0.1) is 0 Å². The molecule has 5 heteroatoms. The standard InChI is InChI=1S/C15H18N4O/c1-18-14(20)8-7-13(16)15(18)11-9-17-19(10-11)12-5-3-2-4-6-12/h2-6,9-10,13,15H,7-8,16H2,1H3. The van der Waals surface area contributed by atoms with Crippen LogP contribution in [-0.2, 0) is 4.79 Å². The molecular weight excluding hydrogens is 252 g/mol. The highest BCUT2D eigenvalue weighted by Gasteiger charge is 2.33. The van der Waals surface area contributed by atoms with Crippen LogP contribution in [0.15, 0.2) is 42.7 Å². The van der Waals surface area contributed by atoms with Gasteiger partial charge in [-0.25, -0.2) is 4.68 Å². The van der Waals surface area contributed by atoms with E-state index in [0.29, 0.717) is 6.42 Å². The summed E-state index contributed by atoms with van der Waals surface area (Å²) in [5, 5.41) is 4.38. The van der Waals surface area contributed by atoms with Crippen molar-refractivity contribution in [3.8, 4) is 5.69 Å². The summed E-state index contributed by atoms with van der Waals surface area (Å²) in [7, 11) is 1.81. The first kappa shape index (κ1) is 12.9. The van der Waals surface area contributed by atoms with Crippen LogP contribution in [0.3, 0.4) is 0 Å². The van der Waals surface area contributed by atoms with E-state index < -0.39 is 0 Å². The number of hydrogen-bond donors (Lipinski definition) is 1. The molecule has 20 heavy (non-hydrogen) atoms. The minimum atomic E-state index is -0.0892. The second kappa shape index (κ2) is 5.09. The van der Waals surface area contributed by atoms with Gasteiger partial charge in [-0.2, -0.15) is 5.10 Å². The quantitative estimate of drug-likeness (QED) is 0.899. The molecule has 1 fully saturated rings. The van der Waals surface area contributed by atoms with Crippen molar-refractivity contribution in [1.82, 2.24) is 14.7 Å². The van der Waals surface area contributed by atoms with Crippen molar-refractivity contribution in [3.63, 3.8) is 0 Å². The number of nitrogens with zero attached hydrogens (tertiary/aromatic N) is 3. The summed E-state index contributed by atoms with van der Waals surface area (Å²) >= 11 is 0. The van der Waals surface area contributed by atoms with E-state index in [2.05, 4.69) is 5.10 Å². The summed E-state index contributed by atoms with van der Waals surface area (Å²) < 4.78 is 1.81. The minimum Gasteiger partial charge on any atom is -0.337 e. The molecule has 2 heterocycles. The number of nitrogens with two attached hydrogens (primary N) is 1. The van der Waals surface area contributed by atoms with Gasteiger partial charge < -0.3 is 10.6 Å². The van der Waals surface area contributed by atoms with Crippen LogP contribution in [0.2, 0.25) is 0 Å². The lowest BCUT2D eigenvalue weighted by Crippen LogP contribution is -2.46. The monoisotopic (exact) mass is 270 g/mol. The molecular formula is C15H18N4O. The van der Waals surface area contributed by atoms with Crippen LogP contribution < -0.4 is 5.73 Å². The van der Waals surface area contributed by atoms with E-state index in [1.54, 1.807) is 11.1 Å². The van der Waals surface area contributed by atoms with Crippen molar-refractivity contribution in [2.45, 2.75) is 24.9 Å².